The number of morpholine rings is 1. The lowest BCUT2D eigenvalue weighted by atomic mass is 9.97. The van der Waals surface area contributed by atoms with Crippen molar-refractivity contribution in [1.82, 2.24) is 9.80 Å². The Kier molecular flexibility index (Phi) is 7.10. The summed E-state index contributed by atoms with van der Waals surface area (Å²) in [5.41, 5.74) is 3.65. The monoisotopic (exact) mass is 436 g/mol. The first-order valence-corrected chi connectivity index (χ1v) is 11.5. The second-order valence-corrected chi connectivity index (χ2v) is 8.82. The van der Waals surface area contributed by atoms with Crippen LogP contribution in [-0.2, 0) is 4.74 Å². The van der Waals surface area contributed by atoms with E-state index < -0.39 is 0 Å². The molecular weight excluding hydrogens is 404 g/mol. The third-order valence-electron chi connectivity index (χ3n) is 6.30. The van der Waals surface area contributed by atoms with Crippen LogP contribution in [0.2, 0.25) is 0 Å². The van der Waals surface area contributed by atoms with Crippen LogP contribution in [0.1, 0.15) is 44.7 Å². The Labute approximate surface area is 190 Å². The normalized spacial score (nSPS) is 19.0. The molecule has 2 amide bonds. The highest BCUT2D eigenvalue weighted by Gasteiger charge is 2.26. The maximum atomic E-state index is 13.0. The van der Waals surface area contributed by atoms with Gasteiger partial charge in [0.2, 0.25) is 0 Å². The van der Waals surface area contributed by atoms with Crippen LogP contribution in [-0.4, -0.2) is 67.6 Å². The molecule has 1 atom stereocenters. The fourth-order valence-corrected chi connectivity index (χ4v) is 4.47. The predicted octanol–water partition coefficient (Wildman–Crippen LogP) is 3.71. The zero-order valence-corrected chi connectivity index (χ0v) is 19.0. The lowest BCUT2D eigenvalue weighted by molar-refractivity contribution is 0.0303. The van der Waals surface area contributed by atoms with Crippen LogP contribution in [0.5, 0.6) is 5.75 Å². The number of likely N-dealkylation sites (tertiary alicyclic amines) is 1. The molecule has 0 N–H and O–H groups in total. The molecule has 6 nitrogen and oxygen atoms in total. The number of piperidine rings is 1. The summed E-state index contributed by atoms with van der Waals surface area (Å²) >= 11 is 0. The van der Waals surface area contributed by atoms with Gasteiger partial charge in [0.25, 0.3) is 11.8 Å². The van der Waals surface area contributed by atoms with E-state index in [0.717, 1.165) is 36.3 Å². The van der Waals surface area contributed by atoms with Gasteiger partial charge in [-0.3, -0.25) is 9.59 Å². The van der Waals surface area contributed by atoms with E-state index in [4.69, 9.17) is 9.47 Å². The first kappa shape index (κ1) is 22.3. The first-order chi connectivity index (χ1) is 15.5. The van der Waals surface area contributed by atoms with E-state index in [1.807, 2.05) is 60.0 Å². The van der Waals surface area contributed by atoms with Crippen molar-refractivity contribution in [2.24, 2.45) is 5.92 Å². The zero-order valence-electron chi connectivity index (χ0n) is 19.0. The molecule has 2 aliphatic rings. The SMILES string of the molecule is Cc1ccc(C(=O)N2CCCC(COc3ccc(C(=O)N4CCOCC4)cc3)C2)c(C)c1. The largest absolute Gasteiger partial charge is 0.493 e. The molecule has 0 aromatic heterocycles. The summed E-state index contributed by atoms with van der Waals surface area (Å²) in [6.07, 6.45) is 2.03. The number of hydrogen-bond acceptors (Lipinski definition) is 4. The van der Waals surface area contributed by atoms with Gasteiger partial charge in [-0.25, -0.2) is 0 Å². The molecule has 2 aromatic carbocycles. The lowest BCUT2D eigenvalue weighted by Gasteiger charge is -2.33. The Hall–Kier alpha value is -2.86. The molecule has 2 fully saturated rings. The van der Waals surface area contributed by atoms with E-state index in [0.29, 0.717) is 50.9 Å². The lowest BCUT2D eigenvalue weighted by Crippen LogP contribution is -2.41. The van der Waals surface area contributed by atoms with Gasteiger partial charge in [0.05, 0.1) is 19.8 Å². The molecule has 6 heteroatoms. The average molecular weight is 437 g/mol. The molecule has 2 aliphatic heterocycles. The van der Waals surface area contributed by atoms with E-state index in [2.05, 4.69) is 6.07 Å². The number of nitrogens with zero attached hydrogens (tertiary/aromatic N) is 2. The van der Waals surface area contributed by atoms with Gasteiger partial charge in [-0.05, 0) is 62.6 Å². The van der Waals surface area contributed by atoms with Crippen molar-refractivity contribution in [1.29, 1.82) is 0 Å². The molecule has 4 rings (SSSR count). The van der Waals surface area contributed by atoms with E-state index in [9.17, 15) is 9.59 Å². The number of hydrogen-bond donors (Lipinski definition) is 0. The second kappa shape index (κ2) is 10.2. The van der Waals surface area contributed by atoms with Gasteiger partial charge < -0.3 is 19.3 Å². The fraction of sp³-hybridized carbons (Fsp3) is 0.462. The topological polar surface area (TPSA) is 59.1 Å². The van der Waals surface area contributed by atoms with Gasteiger partial charge in [-0.15, -0.1) is 0 Å². The summed E-state index contributed by atoms with van der Waals surface area (Å²) in [5, 5.41) is 0. The van der Waals surface area contributed by atoms with E-state index >= 15 is 0 Å². The Balaban J connectivity index is 1.30. The quantitative estimate of drug-likeness (QED) is 0.717. The average Bonchev–Trinajstić information content (AvgIpc) is 2.83. The molecule has 170 valence electrons. The standard InChI is InChI=1S/C26H32N2O4/c1-19-5-10-24(20(2)16-19)26(30)28-11-3-4-21(17-28)18-32-23-8-6-22(7-9-23)25(29)27-12-14-31-15-13-27/h5-10,16,21H,3-4,11-15,17-18H2,1-2H3. The molecule has 1 unspecified atom stereocenters. The highest BCUT2D eigenvalue weighted by Crippen LogP contribution is 2.22. The van der Waals surface area contributed by atoms with Gasteiger partial charge in [-0.2, -0.15) is 0 Å². The number of carbonyl (C=O) groups is 2. The Morgan fingerprint density at radius 1 is 0.969 bits per heavy atom. The van der Waals surface area contributed by atoms with Crippen LogP contribution in [0, 0.1) is 19.8 Å². The number of ether oxygens (including phenoxy) is 2. The molecule has 0 saturated carbocycles. The van der Waals surface area contributed by atoms with Crippen molar-refractivity contribution in [3.05, 3.63) is 64.7 Å². The van der Waals surface area contributed by atoms with Gasteiger partial charge in [0.15, 0.2) is 0 Å². The summed E-state index contributed by atoms with van der Waals surface area (Å²) < 4.78 is 11.3. The smallest absolute Gasteiger partial charge is 0.254 e. The zero-order chi connectivity index (χ0) is 22.5. The van der Waals surface area contributed by atoms with Crippen molar-refractivity contribution in [3.8, 4) is 5.75 Å². The minimum Gasteiger partial charge on any atom is -0.493 e. The molecule has 0 aliphatic carbocycles. The van der Waals surface area contributed by atoms with Gasteiger partial charge in [-0.1, -0.05) is 17.7 Å². The third kappa shape index (κ3) is 5.30. The molecule has 0 bridgehead atoms. The van der Waals surface area contributed by atoms with Gasteiger partial charge in [0.1, 0.15) is 5.75 Å². The molecule has 32 heavy (non-hydrogen) atoms. The fourth-order valence-electron chi connectivity index (χ4n) is 4.47. The van der Waals surface area contributed by atoms with Gasteiger partial charge >= 0.3 is 0 Å². The van der Waals surface area contributed by atoms with Crippen molar-refractivity contribution in [2.45, 2.75) is 26.7 Å². The first-order valence-electron chi connectivity index (χ1n) is 11.5. The summed E-state index contributed by atoms with van der Waals surface area (Å²) in [7, 11) is 0. The minimum atomic E-state index is 0.0349. The van der Waals surface area contributed by atoms with E-state index in [1.165, 1.54) is 5.56 Å². The minimum absolute atomic E-state index is 0.0349. The van der Waals surface area contributed by atoms with Crippen LogP contribution < -0.4 is 4.74 Å². The highest BCUT2D eigenvalue weighted by molar-refractivity contribution is 5.96. The summed E-state index contributed by atoms with van der Waals surface area (Å²) in [5.74, 6) is 1.19. The summed E-state index contributed by atoms with van der Waals surface area (Å²) in [6.45, 7) is 8.56. The molecule has 0 radical (unpaired) electrons. The predicted molar refractivity (Wildman–Crippen MR) is 123 cm³/mol. The highest BCUT2D eigenvalue weighted by atomic mass is 16.5. The van der Waals surface area contributed by atoms with Crippen molar-refractivity contribution >= 4 is 11.8 Å². The second-order valence-electron chi connectivity index (χ2n) is 8.82. The molecule has 2 heterocycles. The van der Waals surface area contributed by atoms with Crippen LogP contribution in [0.15, 0.2) is 42.5 Å². The Morgan fingerprint density at radius 3 is 2.44 bits per heavy atom. The van der Waals surface area contributed by atoms with Crippen LogP contribution in [0.4, 0.5) is 0 Å². The van der Waals surface area contributed by atoms with E-state index in [-0.39, 0.29) is 11.8 Å². The number of benzene rings is 2. The number of rotatable bonds is 5. The Morgan fingerprint density at radius 2 is 1.72 bits per heavy atom. The van der Waals surface area contributed by atoms with Crippen LogP contribution >= 0.6 is 0 Å². The molecule has 0 spiro atoms. The number of amides is 2. The molecule has 2 saturated heterocycles. The molecular formula is C26H32N2O4. The molecule has 2 aromatic rings. The third-order valence-corrected chi connectivity index (χ3v) is 6.30. The van der Waals surface area contributed by atoms with Crippen LogP contribution in [0.25, 0.3) is 0 Å². The maximum absolute atomic E-state index is 13.0. The number of carbonyl (C=O) groups excluding carboxylic acids is 2. The number of aryl methyl sites for hydroxylation is 2. The van der Waals surface area contributed by atoms with Crippen LogP contribution in [0.3, 0.4) is 0 Å². The maximum Gasteiger partial charge on any atom is 0.254 e. The Bertz CT molecular complexity index is 951. The summed E-state index contributed by atoms with van der Waals surface area (Å²) in [4.78, 5) is 29.4. The summed E-state index contributed by atoms with van der Waals surface area (Å²) in [6, 6.07) is 13.4. The van der Waals surface area contributed by atoms with Crippen molar-refractivity contribution in [3.63, 3.8) is 0 Å². The van der Waals surface area contributed by atoms with E-state index in [1.54, 1.807) is 0 Å². The van der Waals surface area contributed by atoms with Gasteiger partial charge in [0, 0.05) is 43.2 Å². The van der Waals surface area contributed by atoms with Crippen molar-refractivity contribution in [2.75, 3.05) is 46.0 Å². The van der Waals surface area contributed by atoms with Crippen molar-refractivity contribution < 1.29 is 19.1 Å².